The fourth-order valence-corrected chi connectivity index (χ4v) is 2.27. The Morgan fingerprint density at radius 1 is 1.67 bits per heavy atom. The van der Waals surface area contributed by atoms with E-state index in [1.807, 2.05) is 11.8 Å². The van der Waals surface area contributed by atoms with Crippen molar-refractivity contribution < 1.29 is 4.79 Å². The first-order valence-corrected chi connectivity index (χ1v) is 5.37. The van der Waals surface area contributed by atoms with E-state index in [0.29, 0.717) is 12.6 Å². The van der Waals surface area contributed by atoms with Gasteiger partial charge in [-0.15, -0.1) is 0 Å². The highest BCUT2D eigenvalue weighted by Crippen LogP contribution is 2.16. The molecule has 1 aliphatic heterocycles. The third kappa shape index (κ3) is 3.03. The third-order valence-corrected chi connectivity index (χ3v) is 3.13. The molecule has 4 heteroatoms. The molecule has 0 saturated carbocycles. The van der Waals surface area contributed by atoms with Crippen LogP contribution in [0.2, 0.25) is 0 Å². The summed E-state index contributed by atoms with van der Waals surface area (Å²) in [5, 5.41) is 3.25. The summed E-state index contributed by atoms with van der Waals surface area (Å²) in [7, 11) is 3.57. The second-order valence-corrected chi connectivity index (χ2v) is 4.38. The Balaban J connectivity index is 2.12. The summed E-state index contributed by atoms with van der Waals surface area (Å²) in [5.41, 5.74) is 0. The summed E-state index contributed by atoms with van der Waals surface area (Å²) in [6.07, 6.45) is 1.20. The van der Waals surface area contributed by atoms with Crippen molar-refractivity contribution in [3.8, 4) is 0 Å². The molecule has 70 valence electrons. The second kappa shape index (κ2) is 4.72. The minimum absolute atomic E-state index is 0.159. The Morgan fingerprint density at radius 2 is 2.42 bits per heavy atom. The SMILES string of the molecule is CN(C)C(=O)CNC1CCSC1. The van der Waals surface area contributed by atoms with Crippen LogP contribution in [0.5, 0.6) is 0 Å². The number of likely N-dealkylation sites (N-methyl/N-ethyl adjacent to an activating group) is 1. The van der Waals surface area contributed by atoms with Gasteiger partial charge in [-0.1, -0.05) is 0 Å². The van der Waals surface area contributed by atoms with Gasteiger partial charge in [0.05, 0.1) is 6.54 Å². The van der Waals surface area contributed by atoms with Crippen LogP contribution in [0.25, 0.3) is 0 Å². The van der Waals surface area contributed by atoms with Crippen molar-refractivity contribution in [1.82, 2.24) is 10.2 Å². The quantitative estimate of drug-likeness (QED) is 0.685. The minimum atomic E-state index is 0.159. The van der Waals surface area contributed by atoms with E-state index in [0.717, 1.165) is 5.75 Å². The van der Waals surface area contributed by atoms with Gasteiger partial charge in [0.2, 0.25) is 5.91 Å². The first kappa shape index (κ1) is 9.86. The lowest BCUT2D eigenvalue weighted by Gasteiger charge is -2.14. The molecule has 1 unspecified atom stereocenters. The zero-order valence-electron chi connectivity index (χ0n) is 7.67. The highest BCUT2D eigenvalue weighted by atomic mass is 32.2. The van der Waals surface area contributed by atoms with Crippen LogP contribution in [0.1, 0.15) is 6.42 Å². The van der Waals surface area contributed by atoms with E-state index in [-0.39, 0.29) is 5.91 Å². The van der Waals surface area contributed by atoms with Crippen molar-refractivity contribution in [1.29, 1.82) is 0 Å². The summed E-state index contributed by atoms with van der Waals surface area (Å²) >= 11 is 1.95. The van der Waals surface area contributed by atoms with E-state index in [4.69, 9.17) is 0 Å². The van der Waals surface area contributed by atoms with Crippen LogP contribution in [0, 0.1) is 0 Å². The average molecular weight is 188 g/mol. The summed E-state index contributed by atoms with van der Waals surface area (Å²) in [4.78, 5) is 12.8. The fraction of sp³-hybridized carbons (Fsp3) is 0.875. The van der Waals surface area contributed by atoms with E-state index in [1.54, 1.807) is 19.0 Å². The first-order valence-electron chi connectivity index (χ1n) is 4.21. The molecule has 0 aliphatic carbocycles. The summed E-state index contributed by atoms with van der Waals surface area (Å²) in [6, 6.07) is 0.555. The van der Waals surface area contributed by atoms with Crippen molar-refractivity contribution in [2.45, 2.75) is 12.5 Å². The van der Waals surface area contributed by atoms with E-state index in [2.05, 4.69) is 5.32 Å². The Labute approximate surface area is 77.9 Å². The van der Waals surface area contributed by atoms with E-state index in [9.17, 15) is 4.79 Å². The predicted octanol–water partition coefficient (Wildman–Crippen LogP) is 0.170. The lowest BCUT2D eigenvalue weighted by Crippen LogP contribution is -2.38. The molecule has 0 bridgehead atoms. The number of amides is 1. The van der Waals surface area contributed by atoms with E-state index >= 15 is 0 Å². The molecule has 12 heavy (non-hydrogen) atoms. The van der Waals surface area contributed by atoms with Gasteiger partial charge in [0.25, 0.3) is 0 Å². The number of hydrogen-bond donors (Lipinski definition) is 1. The Hall–Kier alpha value is -0.220. The lowest BCUT2D eigenvalue weighted by molar-refractivity contribution is -0.127. The zero-order chi connectivity index (χ0) is 8.97. The Morgan fingerprint density at radius 3 is 2.92 bits per heavy atom. The topological polar surface area (TPSA) is 32.3 Å². The molecule has 1 heterocycles. The maximum atomic E-state index is 11.2. The van der Waals surface area contributed by atoms with Crippen LogP contribution in [0.4, 0.5) is 0 Å². The highest BCUT2D eigenvalue weighted by molar-refractivity contribution is 7.99. The van der Waals surface area contributed by atoms with Crippen molar-refractivity contribution in [2.24, 2.45) is 0 Å². The number of carbonyl (C=O) groups excluding carboxylic acids is 1. The molecule has 1 atom stereocenters. The fourth-order valence-electron chi connectivity index (χ4n) is 1.09. The Kier molecular flexibility index (Phi) is 3.88. The van der Waals surface area contributed by atoms with Crippen LogP contribution >= 0.6 is 11.8 Å². The van der Waals surface area contributed by atoms with Gasteiger partial charge in [-0.25, -0.2) is 0 Å². The van der Waals surface area contributed by atoms with Crippen molar-refractivity contribution in [3.05, 3.63) is 0 Å². The number of thioether (sulfide) groups is 1. The monoisotopic (exact) mass is 188 g/mol. The minimum Gasteiger partial charge on any atom is -0.348 e. The van der Waals surface area contributed by atoms with Gasteiger partial charge in [0.1, 0.15) is 0 Å². The average Bonchev–Trinajstić information content (AvgIpc) is 2.51. The smallest absolute Gasteiger partial charge is 0.236 e. The molecule has 0 aromatic heterocycles. The first-order chi connectivity index (χ1) is 5.70. The van der Waals surface area contributed by atoms with Crippen LogP contribution < -0.4 is 5.32 Å². The highest BCUT2D eigenvalue weighted by Gasteiger charge is 2.15. The number of nitrogens with zero attached hydrogens (tertiary/aromatic N) is 1. The van der Waals surface area contributed by atoms with Gasteiger partial charge in [0.15, 0.2) is 0 Å². The molecule has 1 rings (SSSR count). The molecule has 0 radical (unpaired) electrons. The normalized spacial score (nSPS) is 22.7. The number of carbonyl (C=O) groups is 1. The number of hydrogen-bond acceptors (Lipinski definition) is 3. The molecular formula is C8H16N2OS. The largest absolute Gasteiger partial charge is 0.348 e. The van der Waals surface area contributed by atoms with Gasteiger partial charge in [-0.05, 0) is 12.2 Å². The maximum Gasteiger partial charge on any atom is 0.236 e. The van der Waals surface area contributed by atoms with E-state index < -0.39 is 0 Å². The van der Waals surface area contributed by atoms with Crippen LogP contribution in [0.15, 0.2) is 0 Å². The van der Waals surface area contributed by atoms with Gasteiger partial charge in [-0.2, -0.15) is 11.8 Å². The zero-order valence-corrected chi connectivity index (χ0v) is 8.49. The van der Waals surface area contributed by atoms with Crippen molar-refractivity contribution in [2.75, 3.05) is 32.1 Å². The molecule has 1 amide bonds. The second-order valence-electron chi connectivity index (χ2n) is 3.23. The standard InChI is InChI=1S/C8H16N2OS/c1-10(2)8(11)5-9-7-3-4-12-6-7/h7,9H,3-6H2,1-2H3. The van der Waals surface area contributed by atoms with Crippen LogP contribution in [0.3, 0.4) is 0 Å². The summed E-state index contributed by atoms with van der Waals surface area (Å²) < 4.78 is 0. The van der Waals surface area contributed by atoms with Gasteiger partial charge in [-0.3, -0.25) is 4.79 Å². The Bertz CT molecular complexity index is 155. The third-order valence-electron chi connectivity index (χ3n) is 1.97. The number of nitrogens with one attached hydrogen (secondary N) is 1. The van der Waals surface area contributed by atoms with Gasteiger partial charge in [0, 0.05) is 25.9 Å². The van der Waals surface area contributed by atoms with Crippen LogP contribution in [-0.4, -0.2) is 49.0 Å². The maximum absolute atomic E-state index is 11.2. The molecule has 1 N–H and O–H groups in total. The molecule has 0 spiro atoms. The molecule has 0 aromatic rings. The van der Waals surface area contributed by atoms with Crippen LogP contribution in [-0.2, 0) is 4.79 Å². The lowest BCUT2D eigenvalue weighted by atomic mass is 10.2. The summed E-state index contributed by atoms with van der Waals surface area (Å²) in [6.45, 7) is 0.484. The van der Waals surface area contributed by atoms with Crippen molar-refractivity contribution in [3.63, 3.8) is 0 Å². The molecule has 0 aromatic carbocycles. The molecule has 1 saturated heterocycles. The molecule has 1 aliphatic rings. The molecule has 1 fully saturated rings. The molecule has 3 nitrogen and oxygen atoms in total. The predicted molar refractivity (Wildman–Crippen MR) is 52.4 cm³/mol. The van der Waals surface area contributed by atoms with Crippen molar-refractivity contribution >= 4 is 17.7 Å². The number of rotatable bonds is 3. The van der Waals surface area contributed by atoms with Gasteiger partial charge >= 0.3 is 0 Å². The van der Waals surface area contributed by atoms with E-state index in [1.165, 1.54) is 12.2 Å². The van der Waals surface area contributed by atoms with Gasteiger partial charge < -0.3 is 10.2 Å². The molecular weight excluding hydrogens is 172 g/mol. The summed E-state index contributed by atoms with van der Waals surface area (Å²) in [5.74, 6) is 2.54.